The summed E-state index contributed by atoms with van der Waals surface area (Å²) < 4.78 is 27.3. The molecule has 2 heterocycles. The molecule has 2 aliphatic rings. The number of nitrogens with one attached hydrogen (secondary N) is 1. The number of nitrogens with zero attached hydrogens (tertiary/aromatic N) is 4. The van der Waals surface area contributed by atoms with E-state index in [-0.39, 0.29) is 30.6 Å². The van der Waals surface area contributed by atoms with E-state index >= 15 is 0 Å². The lowest BCUT2D eigenvalue weighted by atomic mass is 9.92. The number of carbonyl (C=O) groups excluding carboxylic acids is 2. The number of amides is 2. The van der Waals surface area contributed by atoms with Crippen molar-refractivity contribution >= 4 is 21.8 Å². The van der Waals surface area contributed by atoms with Crippen LogP contribution in [0.1, 0.15) is 62.6 Å². The van der Waals surface area contributed by atoms with Crippen LogP contribution in [-0.2, 0) is 27.3 Å². The largest absolute Gasteiger partial charge is 0.350 e. The van der Waals surface area contributed by atoms with Crippen LogP contribution in [0.15, 0.2) is 6.07 Å². The molecule has 1 unspecified atom stereocenters. The second-order valence-electron chi connectivity index (χ2n) is 9.65. The second-order valence-corrected chi connectivity index (χ2v) is 11.6. The summed E-state index contributed by atoms with van der Waals surface area (Å²) in [6.45, 7) is 6.20. The number of hydrogen-bond donors (Lipinski definition) is 2. The molecule has 2 fully saturated rings. The van der Waals surface area contributed by atoms with E-state index in [4.69, 9.17) is 5.73 Å². The van der Waals surface area contributed by atoms with Gasteiger partial charge in [0.1, 0.15) is 5.69 Å². The van der Waals surface area contributed by atoms with E-state index in [9.17, 15) is 18.0 Å². The maximum Gasteiger partial charge on any atom is 0.273 e. The Hall–Kier alpha value is -1.98. The normalized spacial score (nSPS) is 25.6. The molecule has 3 rings (SSSR count). The van der Waals surface area contributed by atoms with Gasteiger partial charge in [-0.25, -0.2) is 8.42 Å². The smallest absolute Gasteiger partial charge is 0.273 e. The van der Waals surface area contributed by atoms with Crippen molar-refractivity contribution in [1.82, 2.24) is 24.3 Å². The molecule has 1 saturated heterocycles. The Kier molecular flexibility index (Phi) is 6.50. The third-order valence-corrected chi connectivity index (χ3v) is 7.27. The van der Waals surface area contributed by atoms with Gasteiger partial charge in [0.05, 0.1) is 11.9 Å². The van der Waals surface area contributed by atoms with Crippen LogP contribution in [0.4, 0.5) is 0 Å². The van der Waals surface area contributed by atoms with Crippen LogP contribution in [0.5, 0.6) is 0 Å². The number of aromatic nitrogens is 2. The van der Waals surface area contributed by atoms with Crippen molar-refractivity contribution in [3.63, 3.8) is 0 Å². The molecular weight excluding hydrogens is 420 g/mol. The molecule has 0 radical (unpaired) electrons. The molecular formula is C20H34N6O4S. The predicted molar refractivity (Wildman–Crippen MR) is 117 cm³/mol. The van der Waals surface area contributed by atoms with Crippen molar-refractivity contribution in [3.05, 3.63) is 17.5 Å². The summed E-state index contributed by atoms with van der Waals surface area (Å²) in [7, 11) is -2.01. The molecule has 1 aromatic heterocycles. The standard InChI is InChI=1S/C20H34N6O4S/c1-20(2,3)16-12-15(24(4)23-16)19(28)25-10-11-26(31(5,29)30)18(25)17(27)22-14-8-6-13(21)7-9-14/h12-14,18H,6-11,21H2,1-5H3,(H,22,27). The third kappa shape index (κ3) is 5.09. The summed E-state index contributed by atoms with van der Waals surface area (Å²) >= 11 is 0. The van der Waals surface area contributed by atoms with Crippen molar-refractivity contribution < 1.29 is 18.0 Å². The molecule has 31 heavy (non-hydrogen) atoms. The summed E-state index contributed by atoms with van der Waals surface area (Å²) in [6, 6.07) is 1.77. The summed E-state index contributed by atoms with van der Waals surface area (Å²) in [5, 5.41) is 7.38. The van der Waals surface area contributed by atoms with Crippen molar-refractivity contribution in [2.75, 3.05) is 19.3 Å². The molecule has 11 heteroatoms. The van der Waals surface area contributed by atoms with Crippen molar-refractivity contribution in [2.24, 2.45) is 12.8 Å². The Balaban J connectivity index is 1.87. The second kappa shape index (κ2) is 8.51. The Morgan fingerprint density at radius 1 is 1.16 bits per heavy atom. The van der Waals surface area contributed by atoms with Crippen molar-refractivity contribution in [3.8, 4) is 0 Å². The molecule has 1 aromatic rings. The van der Waals surface area contributed by atoms with Gasteiger partial charge >= 0.3 is 0 Å². The zero-order valence-electron chi connectivity index (χ0n) is 19.0. The molecule has 0 aromatic carbocycles. The first kappa shape index (κ1) is 23.7. The molecule has 1 saturated carbocycles. The number of nitrogens with two attached hydrogens (primary N) is 1. The molecule has 174 valence electrons. The maximum absolute atomic E-state index is 13.4. The van der Waals surface area contributed by atoms with Gasteiger partial charge in [0.2, 0.25) is 10.0 Å². The minimum atomic E-state index is -3.69. The quantitative estimate of drug-likeness (QED) is 0.666. The number of rotatable bonds is 4. The van der Waals surface area contributed by atoms with Gasteiger partial charge in [-0.15, -0.1) is 0 Å². The molecule has 1 aliphatic carbocycles. The highest BCUT2D eigenvalue weighted by Gasteiger charge is 2.46. The van der Waals surface area contributed by atoms with Crippen molar-refractivity contribution in [2.45, 2.75) is 70.1 Å². The lowest BCUT2D eigenvalue weighted by molar-refractivity contribution is -0.128. The Labute approximate surface area is 184 Å². The molecule has 0 spiro atoms. The minimum absolute atomic E-state index is 0.0716. The lowest BCUT2D eigenvalue weighted by Gasteiger charge is -2.32. The highest BCUT2D eigenvalue weighted by atomic mass is 32.2. The van der Waals surface area contributed by atoms with E-state index < -0.39 is 28.0 Å². The zero-order chi connectivity index (χ0) is 23.1. The monoisotopic (exact) mass is 454 g/mol. The van der Waals surface area contributed by atoms with Gasteiger partial charge in [-0.05, 0) is 31.7 Å². The summed E-state index contributed by atoms with van der Waals surface area (Å²) in [4.78, 5) is 27.9. The first-order chi connectivity index (χ1) is 14.3. The van der Waals surface area contributed by atoms with Crippen LogP contribution < -0.4 is 11.1 Å². The van der Waals surface area contributed by atoms with E-state index in [2.05, 4.69) is 10.4 Å². The average Bonchev–Trinajstić information content (AvgIpc) is 3.26. The van der Waals surface area contributed by atoms with Crippen LogP contribution >= 0.6 is 0 Å². The van der Waals surface area contributed by atoms with E-state index in [1.807, 2.05) is 20.8 Å². The highest BCUT2D eigenvalue weighted by molar-refractivity contribution is 7.88. The van der Waals surface area contributed by atoms with E-state index in [0.717, 1.165) is 41.9 Å². The van der Waals surface area contributed by atoms with Crippen LogP contribution in [0.3, 0.4) is 0 Å². The van der Waals surface area contributed by atoms with E-state index in [0.29, 0.717) is 5.69 Å². The molecule has 0 bridgehead atoms. The SMILES string of the molecule is Cn1nc(C(C)(C)C)cc1C(=O)N1CCN(S(C)(=O)=O)C1C(=O)NC1CCC(N)CC1. The fourth-order valence-corrected chi connectivity index (χ4v) is 5.14. The highest BCUT2D eigenvalue weighted by Crippen LogP contribution is 2.26. The number of sulfonamides is 1. The fourth-order valence-electron chi connectivity index (χ4n) is 4.16. The lowest BCUT2D eigenvalue weighted by Crippen LogP contribution is -2.56. The van der Waals surface area contributed by atoms with Gasteiger partial charge in [-0.3, -0.25) is 14.3 Å². The van der Waals surface area contributed by atoms with Gasteiger partial charge in [0.15, 0.2) is 6.17 Å². The molecule has 1 atom stereocenters. The van der Waals surface area contributed by atoms with Gasteiger partial charge in [-0.2, -0.15) is 9.40 Å². The van der Waals surface area contributed by atoms with Crippen LogP contribution in [0.2, 0.25) is 0 Å². The van der Waals surface area contributed by atoms with E-state index in [1.54, 1.807) is 13.1 Å². The third-order valence-electron chi connectivity index (χ3n) is 6.04. The van der Waals surface area contributed by atoms with Gasteiger partial charge in [0.25, 0.3) is 11.8 Å². The molecule has 3 N–H and O–H groups in total. The maximum atomic E-state index is 13.4. The first-order valence-corrected chi connectivity index (χ1v) is 12.5. The average molecular weight is 455 g/mol. The van der Waals surface area contributed by atoms with Crippen molar-refractivity contribution in [1.29, 1.82) is 0 Å². The minimum Gasteiger partial charge on any atom is -0.350 e. The fraction of sp³-hybridized carbons (Fsp3) is 0.750. The van der Waals surface area contributed by atoms with Crippen LogP contribution in [0, 0.1) is 0 Å². The first-order valence-electron chi connectivity index (χ1n) is 10.7. The predicted octanol–water partition coefficient (Wildman–Crippen LogP) is 0.147. The molecule has 10 nitrogen and oxygen atoms in total. The van der Waals surface area contributed by atoms with Crippen LogP contribution in [-0.4, -0.2) is 76.8 Å². The number of aryl methyl sites for hydroxylation is 1. The molecule has 1 aliphatic heterocycles. The summed E-state index contributed by atoms with van der Waals surface area (Å²) in [6.07, 6.45) is 2.93. The van der Waals surface area contributed by atoms with Gasteiger partial charge < -0.3 is 16.0 Å². The number of carbonyl (C=O) groups is 2. The zero-order valence-corrected chi connectivity index (χ0v) is 19.8. The summed E-state index contributed by atoms with van der Waals surface area (Å²) in [5.41, 5.74) is 6.76. The van der Waals surface area contributed by atoms with E-state index in [1.165, 1.54) is 9.58 Å². The number of hydrogen-bond acceptors (Lipinski definition) is 6. The van der Waals surface area contributed by atoms with Crippen LogP contribution in [0.25, 0.3) is 0 Å². The Bertz CT molecular complexity index is 943. The van der Waals surface area contributed by atoms with Gasteiger partial charge in [-0.1, -0.05) is 20.8 Å². The summed E-state index contributed by atoms with van der Waals surface area (Å²) in [5.74, 6) is -0.891. The topological polar surface area (TPSA) is 131 Å². The molecule has 2 amide bonds. The Morgan fingerprint density at radius 2 is 1.77 bits per heavy atom. The van der Waals surface area contributed by atoms with Gasteiger partial charge in [0, 0.05) is 37.6 Å². The Morgan fingerprint density at radius 3 is 2.29 bits per heavy atom.